The van der Waals surface area contributed by atoms with Crippen LogP contribution in [0.5, 0.6) is 0 Å². The number of aliphatic hydroxyl groups excluding tert-OH is 1. The third-order valence-electron chi connectivity index (χ3n) is 1.60. The molecule has 0 atom stereocenters. The van der Waals surface area contributed by atoms with Crippen LogP contribution in [0.15, 0.2) is 16.5 Å². The standard InChI is InChI=1S/C9H13NO5/c11-4-6-14-5-3-10-8-2-1-7(15-8)9(12)13/h1-2,10-11H,3-6H2,(H,12,13). The van der Waals surface area contributed by atoms with Gasteiger partial charge in [-0.3, -0.25) is 0 Å². The van der Waals surface area contributed by atoms with Gasteiger partial charge in [-0.1, -0.05) is 0 Å². The summed E-state index contributed by atoms with van der Waals surface area (Å²) in [7, 11) is 0. The first kappa shape index (κ1) is 11.5. The van der Waals surface area contributed by atoms with Gasteiger partial charge in [-0.15, -0.1) is 0 Å². The molecule has 0 aromatic carbocycles. The van der Waals surface area contributed by atoms with Gasteiger partial charge in [0.05, 0.1) is 19.8 Å². The van der Waals surface area contributed by atoms with E-state index in [0.717, 1.165) is 0 Å². The highest BCUT2D eigenvalue weighted by Crippen LogP contribution is 2.12. The highest BCUT2D eigenvalue weighted by atomic mass is 16.5. The zero-order valence-electron chi connectivity index (χ0n) is 8.10. The van der Waals surface area contributed by atoms with E-state index in [9.17, 15) is 4.79 Å². The number of anilines is 1. The molecule has 0 saturated carbocycles. The van der Waals surface area contributed by atoms with Gasteiger partial charge in [-0.05, 0) is 6.07 Å². The first-order valence-corrected chi connectivity index (χ1v) is 4.49. The summed E-state index contributed by atoms with van der Waals surface area (Å²) in [6, 6.07) is 2.91. The number of nitrogens with one attached hydrogen (secondary N) is 1. The number of carboxylic acids is 1. The first-order chi connectivity index (χ1) is 7.24. The lowest BCUT2D eigenvalue weighted by Gasteiger charge is -2.02. The highest BCUT2D eigenvalue weighted by molar-refractivity contribution is 5.84. The van der Waals surface area contributed by atoms with Gasteiger partial charge in [-0.25, -0.2) is 4.79 Å². The molecule has 0 bridgehead atoms. The number of ether oxygens (including phenoxy) is 1. The quantitative estimate of drug-likeness (QED) is 0.570. The Balaban J connectivity index is 2.23. The second-order valence-electron chi connectivity index (χ2n) is 2.73. The van der Waals surface area contributed by atoms with E-state index in [1.54, 1.807) is 0 Å². The van der Waals surface area contributed by atoms with Crippen LogP contribution < -0.4 is 5.32 Å². The molecule has 0 aliphatic carbocycles. The van der Waals surface area contributed by atoms with E-state index in [2.05, 4.69) is 5.32 Å². The number of aliphatic hydroxyl groups is 1. The zero-order valence-corrected chi connectivity index (χ0v) is 8.10. The van der Waals surface area contributed by atoms with Gasteiger partial charge in [0.25, 0.3) is 0 Å². The zero-order chi connectivity index (χ0) is 11.1. The molecule has 0 aliphatic heterocycles. The number of hydrogen-bond donors (Lipinski definition) is 3. The molecule has 1 aromatic heterocycles. The van der Waals surface area contributed by atoms with E-state index in [-0.39, 0.29) is 12.4 Å². The fraction of sp³-hybridized carbons (Fsp3) is 0.444. The maximum Gasteiger partial charge on any atom is 0.371 e. The van der Waals surface area contributed by atoms with Crippen molar-refractivity contribution in [2.24, 2.45) is 0 Å². The lowest BCUT2D eigenvalue weighted by molar-refractivity contribution is 0.0663. The molecule has 0 saturated heterocycles. The molecule has 1 heterocycles. The number of carbonyl (C=O) groups is 1. The van der Waals surface area contributed by atoms with Crippen LogP contribution in [0.3, 0.4) is 0 Å². The molecule has 0 aliphatic rings. The molecule has 84 valence electrons. The maximum absolute atomic E-state index is 10.5. The van der Waals surface area contributed by atoms with E-state index in [1.165, 1.54) is 12.1 Å². The topological polar surface area (TPSA) is 91.9 Å². The van der Waals surface area contributed by atoms with Gasteiger partial charge in [0, 0.05) is 12.6 Å². The van der Waals surface area contributed by atoms with E-state index in [4.69, 9.17) is 19.4 Å². The predicted molar refractivity (Wildman–Crippen MR) is 52.1 cm³/mol. The minimum Gasteiger partial charge on any atom is -0.475 e. The molecular weight excluding hydrogens is 202 g/mol. The Morgan fingerprint density at radius 3 is 2.87 bits per heavy atom. The minimum atomic E-state index is -1.10. The lowest BCUT2D eigenvalue weighted by Crippen LogP contribution is -2.10. The largest absolute Gasteiger partial charge is 0.475 e. The van der Waals surface area contributed by atoms with Crippen LogP contribution in [0.25, 0.3) is 0 Å². The van der Waals surface area contributed by atoms with E-state index in [1.807, 2.05) is 0 Å². The van der Waals surface area contributed by atoms with Crippen LogP contribution in [0.2, 0.25) is 0 Å². The number of aromatic carboxylic acids is 1. The fourth-order valence-electron chi connectivity index (χ4n) is 0.961. The third-order valence-corrected chi connectivity index (χ3v) is 1.60. The van der Waals surface area contributed by atoms with Crippen LogP contribution in [-0.4, -0.2) is 42.5 Å². The van der Waals surface area contributed by atoms with Crippen molar-refractivity contribution < 1.29 is 24.2 Å². The maximum atomic E-state index is 10.5. The average Bonchev–Trinajstić information content (AvgIpc) is 2.66. The molecule has 15 heavy (non-hydrogen) atoms. The predicted octanol–water partition coefficient (Wildman–Crippen LogP) is 0.399. The summed E-state index contributed by atoms with van der Waals surface area (Å²) in [6.45, 7) is 1.19. The van der Waals surface area contributed by atoms with E-state index < -0.39 is 5.97 Å². The van der Waals surface area contributed by atoms with Crippen molar-refractivity contribution in [3.63, 3.8) is 0 Å². The van der Waals surface area contributed by atoms with Gasteiger partial charge < -0.3 is 24.7 Å². The van der Waals surface area contributed by atoms with Gasteiger partial charge in [0.1, 0.15) is 0 Å². The number of furan rings is 1. The molecule has 3 N–H and O–H groups in total. The van der Waals surface area contributed by atoms with Crippen molar-refractivity contribution in [2.75, 3.05) is 31.7 Å². The van der Waals surface area contributed by atoms with Gasteiger partial charge >= 0.3 is 5.97 Å². The Morgan fingerprint density at radius 2 is 2.27 bits per heavy atom. The van der Waals surface area contributed by atoms with E-state index in [0.29, 0.717) is 25.6 Å². The highest BCUT2D eigenvalue weighted by Gasteiger charge is 2.07. The Kier molecular flexibility index (Phi) is 4.65. The van der Waals surface area contributed by atoms with Crippen molar-refractivity contribution in [1.29, 1.82) is 0 Å². The Bertz CT molecular complexity index is 309. The van der Waals surface area contributed by atoms with Crippen LogP contribution in [0, 0.1) is 0 Å². The molecule has 0 unspecified atom stereocenters. The van der Waals surface area contributed by atoms with Crippen LogP contribution in [0.4, 0.5) is 5.88 Å². The molecule has 0 spiro atoms. The summed E-state index contributed by atoms with van der Waals surface area (Å²) >= 11 is 0. The summed E-state index contributed by atoms with van der Waals surface area (Å²) in [6.07, 6.45) is 0. The Labute approximate surface area is 86.5 Å². The number of hydrogen-bond acceptors (Lipinski definition) is 5. The monoisotopic (exact) mass is 215 g/mol. The SMILES string of the molecule is O=C(O)c1ccc(NCCOCCO)o1. The van der Waals surface area contributed by atoms with Gasteiger partial charge in [0.2, 0.25) is 5.76 Å². The van der Waals surface area contributed by atoms with Crippen LogP contribution in [0.1, 0.15) is 10.6 Å². The molecule has 1 aromatic rings. The molecular formula is C9H13NO5. The molecule has 6 heteroatoms. The van der Waals surface area contributed by atoms with Crippen LogP contribution in [-0.2, 0) is 4.74 Å². The van der Waals surface area contributed by atoms with Gasteiger partial charge in [-0.2, -0.15) is 0 Å². The fourth-order valence-corrected chi connectivity index (χ4v) is 0.961. The smallest absolute Gasteiger partial charge is 0.371 e. The molecule has 0 amide bonds. The van der Waals surface area contributed by atoms with Crippen molar-refractivity contribution in [3.05, 3.63) is 17.9 Å². The van der Waals surface area contributed by atoms with Crippen LogP contribution >= 0.6 is 0 Å². The second-order valence-corrected chi connectivity index (χ2v) is 2.73. The van der Waals surface area contributed by atoms with Crippen molar-refractivity contribution in [1.82, 2.24) is 0 Å². The third kappa shape index (κ3) is 4.01. The minimum absolute atomic E-state index is 0.0100. The number of rotatable bonds is 7. The van der Waals surface area contributed by atoms with Crippen molar-refractivity contribution >= 4 is 11.9 Å². The second kappa shape index (κ2) is 6.05. The van der Waals surface area contributed by atoms with E-state index >= 15 is 0 Å². The normalized spacial score (nSPS) is 10.2. The molecule has 0 radical (unpaired) electrons. The summed E-state index contributed by atoms with van der Waals surface area (Å²) in [5.74, 6) is -0.812. The first-order valence-electron chi connectivity index (χ1n) is 4.49. The summed E-state index contributed by atoms with van der Waals surface area (Å²) in [4.78, 5) is 10.5. The number of carboxylic acid groups (broad SMARTS) is 1. The summed E-state index contributed by atoms with van der Waals surface area (Å²) in [5, 5.41) is 19.8. The molecule has 0 fully saturated rings. The lowest BCUT2D eigenvalue weighted by atomic mass is 10.4. The average molecular weight is 215 g/mol. The summed E-state index contributed by atoms with van der Waals surface area (Å²) in [5.41, 5.74) is 0. The molecule has 6 nitrogen and oxygen atoms in total. The van der Waals surface area contributed by atoms with Crippen molar-refractivity contribution in [2.45, 2.75) is 0 Å². The Hall–Kier alpha value is -1.53. The Morgan fingerprint density at radius 1 is 1.47 bits per heavy atom. The van der Waals surface area contributed by atoms with Crippen molar-refractivity contribution in [3.8, 4) is 0 Å². The summed E-state index contributed by atoms with van der Waals surface area (Å²) < 4.78 is 9.92. The van der Waals surface area contributed by atoms with Gasteiger partial charge in [0.15, 0.2) is 5.88 Å². The molecule has 1 rings (SSSR count).